The molecule has 9 heteroatoms. The third kappa shape index (κ3) is 9.40. The summed E-state index contributed by atoms with van der Waals surface area (Å²) in [5.41, 5.74) is 3.89. The Morgan fingerprint density at radius 1 is 0.696 bits per heavy atom. The Bertz CT molecular complexity index is 1410. The molecular weight excluding hydrogens is 617 g/mol. The lowest BCUT2D eigenvalue weighted by atomic mass is 9.84. The predicted octanol–water partition coefficient (Wildman–Crippen LogP) is 6.81. The maximum atomic E-state index is 14.0. The van der Waals surface area contributed by atoms with Gasteiger partial charge in [0.2, 0.25) is 5.91 Å². The number of carbonyl (C=O) groups excluding carboxylic acids is 3. The number of thioether (sulfide) groups is 2. The lowest BCUT2D eigenvalue weighted by molar-refractivity contribution is -0.147. The zero-order valence-corrected chi connectivity index (χ0v) is 27.7. The molecule has 2 amide bonds. The van der Waals surface area contributed by atoms with Crippen LogP contribution in [0.2, 0.25) is 0 Å². The Kier molecular flexibility index (Phi) is 13.6. The van der Waals surface area contributed by atoms with Crippen LogP contribution >= 0.6 is 23.5 Å². The second kappa shape index (κ2) is 18.1. The quantitative estimate of drug-likeness (QED) is 0.101. The standard InChI is InChI=1S/C37H40N2O5S2/c1-3-43-35(41)32(24-25-45-2)38-34(40)33(39-36(42)44-26-28-16-8-4-9-17-28)27-46-37(29-18-10-5-11-19-29,30-20-12-6-13-21-30)31-22-14-7-15-23-31/h4-23,32-33H,3,24-27H2,1-2H3,(H,38,40)(H,39,42). The first-order valence-electron chi connectivity index (χ1n) is 15.2. The lowest BCUT2D eigenvalue weighted by Crippen LogP contribution is -2.53. The molecule has 0 saturated carbocycles. The summed E-state index contributed by atoms with van der Waals surface area (Å²) >= 11 is 3.10. The fourth-order valence-corrected chi connectivity index (χ4v) is 7.10. The molecule has 4 aromatic rings. The first-order valence-corrected chi connectivity index (χ1v) is 17.6. The smallest absolute Gasteiger partial charge is 0.408 e. The second-order valence-corrected chi connectivity index (χ2v) is 12.7. The van der Waals surface area contributed by atoms with E-state index in [9.17, 15) is 14.4 Å². The van der Waals surface area contributed by atoms with Crippen LogP contribution in [0.3, 0.4) is 0 Å². The van der Waals surface area contributed by atoms with Gasteiger partial charge in [0.05, 0.1) is 11.4 Å². The van der Waals surface area contributed by atoms with E-state index in [4.69, 9.17) is 9.47 Å². The number of amides is 2. The topological polar surface area (TPSA) is 93.7 Å². The largest absolute Gasteiger partial charge is 0.464 e. The lowest BCUT2D eigenvalue weighted by Gasteiger charge is -2.36. The highest BCUT2D eigenvalue weighted by Crippen LogP contribution is 2.48. The van der Waals surface area contributed by atoms with Crippen molar-refractivity contribution in [1.29, 1.82) is 0 Å². The summed E-state index contributed by atoms with van der Waals surface area (Å²) in [5.74, 6) is -0.181. The molecule has 0 heterocycles. The van der Waals surface area contributed by atoms with Gasteiger partial charge in [-0.05, 0) is 47.6 Å². The summed E-state index contributed by atoms with van der Waals surface area (Å²) in [7, 11) is 0. The zero-order chi connectivity index (χ0) is 32.6. The fraction of sp³-hybridized carbons (Fsp3) is 0.270. The zero-order valence-electron chi connectivity index (χ0n) is 26.1. The molecule has 0 fully saturated rings. The van der Waals surface area contributed by atoms with Crippen LogP contribution in [0.1, 0.15) is 35.6 Å². The van der Waals surface area contributed by atoms with Gasteiger partial charge in [0, 0.05) is 5.75 Å². The number of carbonyl (C=O) groups is 3. The Balaban J connectivity index is 1.68. The van der Waals surface area contributed by atoms with E-state index in [1.165, 1.54) is 11.8 Å². The molecule has 2 N–H and O–H groups in total. The third-order valence-corrected chi connectivity index (χ3v) is 9.61. The monoisotopic (exact) mass is 656 g/mol. The number of alkyl carbamates (subject to hydrolysis) is 1. The molecule has 7 nitrogen and oxygen atoms in total. The summed E-state index contributed by atoms with van der Waals surface area (Å²) < 4.78 is 10.0. The molecule has 2 atom stereocenters. The highest BCUT2D eigenvalue weighted by Gasteiger charge is 2.39. The van der Waals surface area contributed by atoms with Crippen molar-refractivity contribution in [3.63, 3.8) is 0 Å². The minimum Gasteiger partial charge on any atom is -0.464 e. The van der Waals surface area contributed by atoms with Crippen LogP contribution in [0, 0.1) is 0 Å². The Labute approximate surface area is 279 Å². The maximum absolute atomic E-state index is 14.0. The van der Waals surface area contributed by atoms with Crippen LogP contribution in [0.5, 0.6) is 0 Å². The van der Waals surface area contributed by atoms with Gasteiger partial charge < -0.3 is 20.1 Å². The van der Waals surface area contributed by atoms with Crippen LogP contribution in [-0.4, -0.2) is 54.4 Å². The van der Waals surface area contributed by atoms with Crippen molar-refractivity contribution in [3.05, 3.63) is 144 Å². The average Bonchev–Trinajstić information content (AvgIpc) is 3.10. The number of nitrogens with one attached hydrogen (secondary N) is 2. The van der Waals surface area contributed by atoms with E-state index in [2.05, 4.69) is 47.0 Å². The van der Waals surface area contributed by atoms with Crippen molar-refractivity contribution < 1.29 is 23.9 Å². The number of rotatable bonds is 16. The molecule has 4 rings (SSSR count). The molecule has 0 bridgehead atoms. The molecule has 46 heavy (non-hydrogen) atoms. The molecule has 240 valence electrons. The molecular formula is C37H40N2O5S2. The summed E-state index contributed by atoms with van der Waals surface area (Å²) in [5, 5.41) is 5.66. The molecule has 2 unspecified atom stereocenters. The predicted molar refractivity (Wildman–Crippen MR) is 187 cm³/mol. The van der Waals surface area contributed by atoms with Gasteiger partial charge in [0.1, 0.15) is 18.7 Å². The summed E-state index contributed by atoms with van der Waals surface area (Å²) in [4.78, 5) is 39.9. The van der Waals surface area contributed by atoms with Gasteiger partial charge in [0.15, 0.2) is 0 Å². The molecule has 0 aromatic heterocycles. The number of hydrogen-bond acceptors (Lipinski definition) is 7. The van der Waals surface area contributed by atoms with Gasteiger partial charge in [-0.15, -0.1) is 11.8 Å². The van der Waals surface area contributed by atoms with Gasteiger partial charge in [-0.3, -0.25) is 4.79 Å². The van der Waals surface area contributed by atoms with E-state index in [1.54, 1.807) is 18.7 Å². The minimum absolute atomic E-state index is 0.0509. The van der Waals surface area contributed by atoms with E-state index in [-0.39, 0.29) is 19.0 Å². The van der Waals surface area contributed by atoms with Crippen molar-refractivity contribution in [2.24, 2.45) is 0 Å². The molecule has 4 aromatic carbocycles. The molecule has 0 radical (unpaired) electrons. The van der Waals surface area contributed by atoms with Crippen LogP contribution in [0.25, 0.3) is 0 Å². The number of hydrogen-bond donors (Lipinski definition) is 2. The van der Waals surface area contributed by atoms with Crippen molar-refractivity contribution in [3.8, 4) is 0 Å². The number of esters is 1. The minimum atomic E-state index is -1.03. The molecule has 0 saturated heterocycles. The Morgan fingerprint density at radius 3 is 1.67 bits per heavy atom. The van der Waals surface area contributed by atoms with Gasteiger partial charge in [0.25, 0.3) is 0 Å². The average molecular weight is 657 g/mol. The first kappa shape index (κ1) is 34.7. The summed E-state index contributed by atoms with van der Waals surface area (Å²) in [6.45, 7) is 1.97. The van der Waals surface area contributed by atoms with Crippen LogP contribution in [0.15, 0.2) is 121 Å². The van der Waals surface area contributed by atoms with Crippen LogP contribution < -0.4 is 10.6 Å². The number of benzene rings is 4. The first-order chi connectivity index (χ1) is 22.5. The van der Waals surface area contributed by atoms with Crippen molar-refractivity contribution in [2.45, 2.75) is 36.8 Å². The van der Waals surface area contributed by atoms with E-state index in [1.807, 2.05) is 91.2 Å². The molecule has 0 aliphatic heterocycles. The molecule has 0 aliphatic carbocycles. The summed E-state index contributed by atoms with van der Waals surface area (Å²) in [6.07, 6.45) is 1.60. The highest BCUT2D eigenvalue weighted by atomic mass is 32.2. The second-order valence-electron chi connectivity index (χ2n) is 10.4. The van der Waals surface area contributed by atoms with Crippen LogP contribution in [0.4, 0.5) is 4.79 Å². The van der Waals surface area contributed by atoms with E-state index in [0.29, 0.717) is 12.2 Å². The summed E-state index contributed by atoms with van der Waals surface area (Å²) in [6, 6.07) is 37.8. The van der Waals surface area contributed by atoms with Gasteiger partial charge in [-0.25, -0.2) is 9.59 Å². The van der Waals surface area contributed by atoms with E-state index in [0.717, 1.165) is 22.3 Å². The van der Waals surface area contributed by atoms with Gasteiger partial charge in [-0.2, -0.15) is 11.8 Å². The van der Waals surface area contributed by atoms with Crippen molar-refractivity contribution in [2.75, 3.05) is 24.4 Å². The van der Waals surface area contributed by atoms with Crippen molar-refractivity contribution >= 4 is 41.5 Å². The highest BCUT2D eigenvalue weighted by molar-refractivity contribution is 8.00. The molecule has 0 aliphatic rings. The third-order valence-electron chi connectivity index (χ3n) is 7.33. The van der Waals surface area contributed by atoms with E-state index < -0.39 is 34.8 Å². The normalized spacial score (nSPS) is 12.4. The van der Waals surface area contributed by atoms with Crippen LogP contribution in [-0.2, 0) is 30.4 Å². The Hall–Kier alpha value is -4.21. The molecule has 0 spiro atoms. The van der Waals surface area contributed by atoms with Gasteiger partial charge in [-0.1, -0.05) is 121 Å². The number of ether oxygens (including phenoxy) is 2. The SMILES string of the molecule is CCOC(=O)C(CCSC)NC(=O)C(CSC(c1ccccc1)(c1ccccc1)c1ccccc1)NC(=O)OCc1ccccc1. The van der Waals surface area contributed by atoms with E-state index >= 15 is 0 Å². The Morgan fingerprint density at radius 2 is 1.20 bits per heavy atom. The maximum Gasteiger partial charge on any atom is 0.408 e. The fourth-order valence-electron chi connectivity index (χ4n) is 5.07. The van der Waals surface area contributed by atoms with Gasteiger partial charge >= 0.3 is 12.1 Å². The van der Waals surface area contributed by atoms with Crippen molar-refractivity contribution in [1.82, 2.24) is 10.6 Å².